The molecule has 2 fully saturated rings. The average Bonchev–Trinajstić information content (AvgIpc) is 3.35. The highest BCUT2D eigenvalue weighted by Gasteiger charge is 2.55. The number of nitrogens with zero attached hydrogens (tertiary/aromatic N) is 2. The molecule has 5 atom stereocenters. The fourth-order valence-electron chi connectivity index (χ4n) is 6.31. The van der Waals surface area contributed by atoms with Crippen LogP contribution in [-0.2, 0) is 37.6 Å². The third-order valence-electron chi connectivity index (χ3n) is 8.68. The van der Waals surface area contributed by atoms with Gasteiger partial charge in [0.05, 0.1) is 35.6 Å². The number of hydrogen-bond acceptors (Lipinski definition) is 11. The summed E-state index contributed by atoms with van der Waals surface area (Å²) in [6.07, 6.45) is 2.36. The number of hydrogen-bond donors (Lipinski definition) is 1. The molecular formula is C32H38N3O10P. The van der Waals surface area contributed by atoms with Gasteiger partial charge in [-0.2, -0.15) is 0 Å². The molecule has 3 amide bonds. The predicted molar refractivity (Wildman–Crippen MR) is 164 cm³/mol. The summed E-state index contributed by atoms with van der Waals surface area (Å²) in [5, 5.41) is 3.53. The van der Waals surface area contributed by atoms with Gasteiger partial charge in [-0.3, -0.25) is 33.2 Å². The summed E-state index contributed by atoms with van der Waals surface area (Å²) in [6.45, 7) is 0.423. The number of unbranched alkanes of at least 4 members (excludes halogenated alkanes) is 1. The Labute approximate surface area is 267 Å². The van der Waals surface area contributed by atoms with Crippen LogP contribution in [0.5, 0.6) is 0 Å². The molecule has 46 heavy (non-hydrogen) atoms. The van der Waals surface area contributed by atoms with E-state index in [2.05, 4.69) is 10.2 Å². The highest BCUT2D eigenvalue weighted by Crippen LogP contribution is 2.53. The topological polar surface area (TPSA) is 158 Å². The quantitative estimate of drug-likeness (QED) is 0.138. The minimum Gasteiger partial charge on any atom is -0.465 e. The smallest absolute Gasteiger partial charge is 0.361 e. The molecule has 2 saturated heterocycles. The standard InChI is InChI=1S/C32H38N3O10P/c1-34-24-15-10-16-25(34)29(45-46(41,42-2)21-11-4-3-5-12-21)28(24)32(40)43-20-9-8-19-33-26(36)17-18-27(37)44-35-30(38)22-13-6-7-14-23(22)31(35)39/h3-7,11-14,24-25,28-29H,8-10,15-20H2,1-2H3,(H,33,36)/t24?,25?,28-,29+,46?/m1/s1. The van der Waals surface area contributed by atoms with Crippen molar-refractivity contribution in [2.24, 2.45) is 5.92 Å². The number of rotatable bonds is 14. The normalized spacial score (nSPS) is 23.5. The van der Waals surface area contributed by atoms with Gasteiger partial charge in [-0.15, -0.1) is 0 Å². The average molecular weight is 656 g/mol. The Balaban J connectivity index is 1.03. The first-order valence-corrected chi connectivity index (χ1v) is 16.9. The maximum Gasteiger partial charge on any atom is 0.361 e. The van der Waals surface area contributed by atoms with E-state index in [0.717, 1.165) is 19.3 Å². The molecule has 1 N–H and O–H groups in total. The summed E-state index contributed by atoms with van der Waals surface area (Å²) >= 11 is 0. The summed E-state index contributed by atoms with van der Waals surface area (Å²) < 4.78 is 31.0. The van der Waals surface area contributed by atoms with Gasteiger partial charge in [0.1, 0.15) is 5.92 Å². The summed E-state index contributed by atoms with van der Waals surface area (Å²) in [6, 6.07) is 14.6. The largest absolute Gasteiger partial charge is 0.465 e. The molecule has 5 rings (SSSR count). The van der Waals surface area contributed by atoms with Gasteiger partial charge in [-0.05, 0) is 57.0 Å². The van der Waals surface area contributed by atoms with Crippen LogP contribution in [0.25, 0.3) is 0 Å². The monoisotopic (exact) mass is 655 g/mol. The highest BCUT2D eigenvalue weighted by molar-refractivity contribution is 7.62. The van der Waals surface area contributed by atoms with Crippen LogP contribution in [-0.4, -0.2) is 85.1 Å². The molecule has 0 radical (unpaired) electrons. The molecule has 0 saturated carbocycles. The Morgan fingerprint density at radius 3 is 2.24 bits per heavy atom. The van der Waals surface area contributed by atoms with Crippen LogP contribution in [0.4, 0.5) is 0 Å². The number of piperidine rings is 1. The van der Waals surface area contributed by atoms with E-state index in [-0.39, 0.29) is 42.7 Å². The van der Waals surface area contributed by atoms with Crippen LogP contribution in [0.1, 0.15) is 65.7 Å². The fraction of sp³-hybridized carbons (Fsp3) is 0.469. The minimum absolute atomic E-state index is 0.0939. The first-order valence-electron chi connectivity index (χ1n) is 15.4. The van der Waals surface area contributed by atoms with Gasteiger partial charge in [0.15, 0.2) is 0 Å². The van der Waals surface area contributed by atoms with Crippen molar-refractivity contribution in [3.63, 3.8) is 0 Å². The van der Waals surface area contributed by atoms with E-state index >= 15 is 0 Å². The second-order valence-electron chi connectivity index (χ2n) is 11.5. The van der Waals surface area contributed by atoms with Crippen LogP contribution in [0.3, 0.4) is 0 Å². The summed E-state index contributed by atoms with van der Waals surface area (Å²) in [5.74, 6) is -3.78. The summed E-state index contributed by atoms with van der Waals surface area (Å²) in [5.41, 5.74) is 0.297. The van der Waals surface area contributed by atoms with Crippen molar-refractivity contribution < 1.29 is 47.2 Å². The lowest BCUT2D eigenvalue weighted by atomic mass is 9.96. The molecule has 0 aliphatic carbocycles. The van der Waals surface area contributed by atoms with E-state index < -0.39 is 49.3 Å². The number of nitrogens with one attached hydrogen (secondary N) is 1. The Kier molecular flexibility index (Phi) is 10.7. The number of benzene rings is 2. The maximum absolute atomic E-state index is 13.7. The van der Waals surface area contributed by atoms with Gasteiger partial charge < -0.3 is 19.4 Å². The number of amides is 3. The van der Waals surface area contributed by atoms with E-state index in [0.29, 0.717) is 29.8 Å². The second kappa shape index (κ2) is 14.7. The molecule has 2 aromatic rings. The number of fused-ring (bicyclic) bond motifs is 3. The zero-order valence-electron chi connectivity index (χ0n) is 25.8. The number of esters is 1. The lowest BCUT2D eigenvalue weighted by molar-refractivity contribution is -0.169. The Hall–Kier alpha value is -3.90. The molecule has 3 aliphatic heterocycles. The third-order valence-corrected chi connectivity index (χ3v) is 10.6. The molecule has 3 heterocycles. The van der Waals surface area contributed by atoms with Gasteiger partial charge in [0.2, 0.25) is 5.91 Å². The molecular weight excluding hydrogens is 617 g/mol. The maximum atomic E-state index is 13.7. The van der Waals surface area contributed by atoms with Gasteiger partial charge in [0.25, 0.3) is 11.8 Å². The number of ether oxygens (including phenoxy) is 1. The molecule has 0 aromatic heterocycles. The molecule has 246 valence electrons. The van der Waals surface area contributed by atoms with E-state index in [4.69, 9.17) is 18.6 Å². The second-order valence-corrected chi connectivity index (χ2v) is 13.6. The van der Waals surface area contributed by atoms with E-state index in [1.807, 2.05) is 13.1 Å². The minimum atomic E-state index is -3.68. The van der Waals surface area contributed by atoms with Crippen LogP contribution in [0.15, 0.2) is 54.6 Å². The van der Waals surface area contributed by atoms with Crippen molar-refractivity contribution in [1.82, 2.24) is 15.3 Å². The van der Waals surface area contributed by atoms with E-state index in [1.165, 1.54) is 19.2 Å². The van der Waals surface area contributed by atoms with Crippen molar-refractivity contribution in [2.45, 2.75) is 63.1 Å². The number of carbonyl (C=O) groups excluding carboxylic acids is 5. The van der Waals surface area contributed by atoms with Crippen LogP contribution in [0.2, 0.25) is 0 Å². The molecule has 2 aromatic carbocycles. The van der Waals surface area contributed by atoms with Crippen molar-refractivity contribution in [3.05, 3.63) is 65.7 Å². The Bertz CT molecular complexity index is 1480. The number of hydroxylamine groups is 2. The molecule has 0 spiro atoms. The molecule has 13 nitrogen and oxygen atoms in total. The van der Waals surface area contributed by atoms with Crippen molar-refractivity contribution in [1.29, 1.82) is 0 Å². The van der Waals surface area contributed by atoms with Crippen molar-refractivity contribution in [2.75, 3.05) is 27.3 Å². The van der Waals surface area contributed by atoms with Gasteiger partial charge in [0, 0.05) is 32.2 Å². The Morgan fingerprint density at radius 1 is 0.913 bits per heavy atom. The molecule has 2 bridgehead atoms. The van der Waals surface area contributed by atoms with Crippen molar-refractivity contribution >= 4 is 42.6 Å². The first-order chi connectivity index (χ1) is 22.1. The zero-order valence-corrected chi connectivity index (χ0v) is 26.7. The molecule has 3 unspecified atom stereocenters. The SMILES string of the molecule is COP(=O)(O[C@H]1C2CCCC([C@H]1C(=O)OCCCCNC(=O)CCC(=O)ON1C(=O)c3ccccc3C1=O)N2C)c1ccccc1. The number of imide groups is 1. The highest BCUT2D eigenvalue weighted by atomic mass is 31.2. The third kappa shape index (κ3) is 7.07. The van der Waals surface area contributed by atoms with Gasteiger partial charge in [-0.1, -0.05) is 41.8 Å². The van der Waals surface area contributed by atoms with E-state index in [1.54, 1.807) is 36.4 Å². The van der Waals surface area contributed by atoms with Crippen LogP contribution in [0, 0.1) is 5.92 Å². The van der Waals surface area contributed by atoms with Crippen LogP contribution >= 0.6 is 7.60 Å². The Morgan fingerprint density at radius 2 is 1.57 bits per heavy atom. The van der Waals surface area contributed by atoms with Gasteiger partial charge in [-0.25, -0.2) is 4.79 Å². The van der Waals surface area contributed by atoms with Gasteiger partial charge >= 0.3 is 19.5 Å². The zero-order chi connectivity index (χ0) is 32.8. The van der Waals surface area contributed by atoms with Crippen molar-refractivity contribution in [3.8, 4) is 0 Å². The summed E-state index contributed by atoms with van der Waals surface area (Å²) in [4.78, 5) is 69.4. The number of likely N-dealkylation sites (N-methyl/N-ethyl adjacent to an activating group) is 1. The lowest BCUT2D eigenvalue weighted by Crippen LogP contribution is -2.39. The first kappa shape index (κ1) is 33.5. The fourth-order valence-corrected chi connectivity index (χ4v) is 7.86. The predicted octanol–water partition coefficient (Wildman–Crippen LogP) is 2.99. The number of carbonyl (C=O) groups is 5. The van der Waals surface area contributed by atoms with E-state index in [9.17, 15) is 28.5 Å². The summed E-state index contributed by atoms with van der Waals surface area (Å²) in [7, 11) is -0.387. The molecule has 3 aliphatic rings. The lowest BCUT2D eigenvalue weighted by Gasteiger charge is -2.32. The molecule has 14 heteroatoms. The van der Waals surface area contributed by atoms with Crippen LogP contribution < -0.4 is 10.6 Å².